The summed E-state index contributed by atoms with van der Waals surface area (Å²) in [6, 6.07) is 3.68. The van der Waals surface area contributed by atoms with Crippen LogP contribution < -0.4 is 14.2 Å². The van der Waals surface area contributed by atoms with Crippen LogP contribution in [0.4, 0.5) is 0 Å². The van der Waals surface area contributed by atoms with Crippen molar-refractivity contribution in [3.63, 3.8) is 0 Å². The predicted octanol–water partition coefficient (Wildman–Crippen LogP) is 4.86. The zero-order valence-electron chi connectivity index (χ0n) is 20.1. The summed E-state index contributed by atoms with van der Waals surface area (Å²) < 4.78 is 18.3. The monoisotopic (exact) mass is 473 g/mol. The first-order chi connectivity index (χ1) is 15.8. The second-order valence-corrected chi connectivity index (χ2v) is 8.73. The molecule has 0 atom stereocenters. The molecule has 1 amide bonds. The van der Waals surface area contributed by atoms with Gasteiger partial charge in [0.15, 0.2) is 0 Å². The third-order valence-electron chi connectivity index (χ3n) is 5.60. The third kappa shape index (κ3) is 5.53. The molecule has 1 aliphatic heterocycles. The van der Waals surface area contributed by atoms with Gasteiger partial charge in [-0.15, -0.1) is 0 Å². The van der Waals surface area contributed by atoms with Crippen LogP contribution in [0, 0.1) is 12.8 Å². The lowest BCUT2D eigenvalue weighted by molar-refractivity contribution is -0.125. The van der Waals surface area contributed by atoms with Gasteiger partial charge in [0.2, 0.25) is 5.91 Å². The van der Waals surface area contributed by atoms with Crippen LogP contribution in [0.25, 0.3) is 11.6 Å². The van der Waals surface area contributed by atoms with Crippen LogP contribution >= 0.6 is 11.6 Å². The molecule has 0 N–H and O–H groups in total. The van der Waals surface area contributed by atoms with E-state index in [1.807, 2.05) is 25.1 Å². The summed E-state index contributed by atoms with van der Waals surface area (Å²) >= 11 is 6.49. The largest absolute Gasteiger partial charge is 0.496 e. The van der Waals surface area contributed by atoms with Gasteiger partial charge in [0, 0.05) is 43.4 Å². The highest BCUT2D eigenvalue weighted by Gasteiger charge is 2.22. The lowest BCUT2D eigenvalue weighted by Crippen LogP contribution is -2.33. The van der Waals surface area contributed by atoms with Crippen LogP contribution in [0.15, 0.2) is 24.3 Å². The fraction of sp³-hybridized carbons (Fsp3) is 0.440. The highest BCUT2D eigenvalue weighted by molar-refractivity contribution is 6.31. The number of nitrogens with zero attached hydrogens (tertiary/aromatic N) is 3. The zero-order valence-corrected chi connectivity index (χ0v) is 20.9. The number of carbonyl (C=O) groups excluding carboxylic acids is 1. The van der Waals surface area contributed by atoms with Crippen molar-refractivity contribution in [1.29, 1.82) is 0 Å². The molecule has 0 saturated heterocycles. The van der Waals surface area contributed by atoms with Gasteiger partial charge < -0.3 is 19.1 Å². The minimum atomic E-state index is -0.0639. The van der Waals surface area contributed by atoms with Gasteiger partial charge in [0.1, 0.15) is 22.4 Å². The van der Waals surface area contributed by atoms with Gasteiger partial charge in [-0.05, 0) is 30.9 Å². The lowest BCUT2D eigenvalue weighted by atomic mass is 9.97. The Bertz CT molecular complexity index is 1050. The van der Waals surface area contributed by atoms with Gasteiger partial charge in [0.25, 0.3) is 0 Å². The normalized spacial score (nSPS) is 14.1. The molecule has 1 aromatic heterocycles. The van der Waals surface area contributed by atoms with E-state index >= 15 is 0 Å². The molecule has 2 aromatic rings. The fourth-order valence-corrected chi connectivity index (χ4v) is 4.21. The van der Waals surface area contributed by atoms with Crippen molar-refractivity contribution in [3.05, 3.63) is 46.3 Å². The van der Waals surface area contributed by atoms with Crippen molar-refractivity contribution in [1.82, 2.24) is 14.7 Å². The summed E-state index contributed by atoms with van der Waals surface area (Å²) in [5, 5.41) is 5.06. The summed E-state index contributed by atoms with van der Waals surface area (Å²) in [4.78, 5) is 14.6. The van der Waals surface area contributed by atoms with Gasteiger partial charge >= 0.3 is 0 Å². The van der Waals surface area contributed by atoms with E-state index in [1.54, 1.807) is 43.1 Å². The second kappa shape index (κ2) is 10.8. The van der Waals surface area contributed by atoms with E-state index in [4.69, 9.17) is 25.8 Å². The third-order valence-corrected chi connectivity index (χ3v) is 6.00. The highest BCUT2D eigenvalue weighted by Crippen LogP contribution is 2.40. The molecule has 0 fully saturated rings. The molecular formula is C25H32ClN3O4. The number of rotatable bonds is 8. The van der Waals surface area contributed by atoms with Gasteiger partial charge in [0.05, 0.1) is 32.6 Å². The molecule has 0 unspecified atom stereocenters. The van der Waals surface area contributed by atoms with Crippen molar-refractivity contribution in [2.24, 2.45) is 5.92 Å². The van der Waals surface area contributed by atoms with Gasteiger partial charge in [-0.2, -0.15) is 5.10 Å². The van der Waals surface area contributed by atoms with Gasteiger partial charge in [-0.3, -0.25) is 9.48 Å². The Morgan fingerprint density at radius 3 is 2.36 bits per heavy atom. The van der Waals surface area contributed by atoms with E-state index in [1.165, 1.54) is 0 Å². The Hall–Kier alpha value is -2.93. The highest BCUT2D eigenvalue weighted by atomic mass is 35.5. The number of amides is 1. The zero-order chi connectivity index (χ0) is 24.1. The molecule has 7 nitrogen and oxygen atoms in total. The molecule has 1 aromatic carbocycles. The Morgan fingerprint density at radius 2 is 1.85 bits per heavy atom. The summed E-state index contributed by atoms with van der Waals surface area (Å²) in [6.07, 6.45) is 6.06. The SMILES string of the molecule is COc1cc(OC)c(C2=CCN(C(=O)/C=C/c3c(C)nn(CC(C)C)c3Cl)CC2)c(OC)c1. The molecular weight excluding hydrogens is 442 g/mol. The molecule has 0 saturated carbocycles. The first-order valence-electron chi connectivity index (χ1n) is 11.0. The smallest absolute Gasteiger partial charge is 0.246 e. The van der Waals surface area contributed by atoms with Crippen LogP contribution in [-0.2, 0) is 11.3 Å². The molecule has 8 heteroatoms. The number of carbonyl (C=O) groups is 1. The second-order valence-electron chi connectivity index (χ2n) is 8.37. The van der Waals surface area contributed by atoms with Crippen molar-refractivity contribution < 1.29 is 19.0 Å². The number of methoxy groups -OCH3 is 3. The van der Waals surface area contributed by atoms with Crippen molar-refractivity contribution >= 4 is 29.2 Å². The average molecular weight is 474 g/mol. The molecule has 0 bridgehead atoms. The molecule has 3 rings (SSSR count). The summed E-state index contributed by atoms with van der Waals surface area (Å²) in [6.45, 7) is 7.95. The van der Waals surface area contributed by atoms with E-state index in [0.29, 0.717) is 47.8 Å². The Balaban J connectivity index is 1.76. The van der Waals surface area contributed by atoms with E-state index in [-0.39, 0.29) is 5.91 Å². The van der Waals surface area contributed by atoms with Crippen LogP contribution in [0.2, 0.25) is 5.15 Å². The van der Waals surface area contributed by atoms with Crippen LogP contribution in [0.1, 0.15) is 37.1 Å². The molecule has 0 aliphatic carbocycles. The van der Waals surface area contributed by atoms with E-state index < -0.39 is 0 Å². The number of halogens is 1. The molecule has 2 heterocycles. The maximum Gasteiger partial charge on any atom is 0.246 e. The first kappa shape index (κ1) is 24.7. The van der Waals surface area contributed by atoms with Gasteiger partial charge in [-0.1, -0.05) is 31.5 Å². The lowest BCUT2D eigenvalue weighted by Gasteiger charge is -2.27. The minimum absolute atomic E-state index is 0.0639. The topological polar surface area (TPSA) is 65.8 Å². The van der Waals surface area contributed by atoms with Gasteiger partial charge in [-0.25, -0.2) is 0 Å². The van der Waals surface area contributed by atoms with E-state index in [9.17, 15) is 4.79 Å². The maximum atomic E-state index is 12.8. The number of hydrogen-bond donors (Lipinski definition) is 0. The van der Waals surface area contributed by atoms with Crippen molar-refractivity contribution in [2.75, 3.05) is 34.4 Å². The molecule has 0 radical (unpaired) electrons. The number of hydrogen-bond acceptors (Lipinski definition) is 5. The summed E-state index contributed by atoms with van der Waals surface area (Å²) in [5.41, 5.74) is 3.56. The molecule has 33 heavy (non-hydrogen) atoms. The Morgan fingerprint density at radius 1 is 1.18 bits per heavy atom. The number of benzene rings is 1. The van der Waals surface area contributed by atoms with Crippen LogP contribution in [0.5, 0.6) is 17.2 Å². The summed E-state index contributed by atoms with van der Waals surface area (Å²) in [7, 11) is 4.85. The van der Waals surface area contributed by atoms with Crippen LogP contribution in [0.3, 0.4) is 0 Å². The maximum absolute atomic E-state index is 12.8. The summed E-state index contributed by atoms with van der Waals surface area (Å²) in [5.74, 6) is 2.39. The number of ether oxygens (including phenoxy) is 3. The number of aryl methyl sites for hydroxylation is 1. The molecule has 178 valence electrons. The fourth-order valence-electron chi connectivity index (χ4n) is 3.90. The molecule has 0 spiro atoms. The first-order valence-corrected chi connectivity index (χ1v) is 11.4. The predicted molar refractivity (Wildman–Crippen MR) is 131 cm³/mol. The average Bonchev–Trinajstić information content (AvgIpc) is 3.07. The Kier molecular flexibility index (Phi) is 8.08. The molecule has 1 aliphatic rings. The minimum Gasteiger partial charge on any atom is -0.496 e. The standard InChI is InChI=1S/C25H32ClN3O4/c1-16(2)15-29-25(26)20(17(3)27-29)7-8-23(30)28-11-9-18(10-12-28)24-21(32-5)13-19(31-4)14-22(24)33-6/h7-9,13-14,16H,10-12,15H2,1-6H3/b8-7+. The quantitative estimate of drug-likeness (QED) is 0.512. The number of aromatic nitrogens is 2. The van der Waals surface area contributed by atoms with Crippen molar-refractivity contribution in [2.45, 2.75) is 33.7 Å². The van der Waals surface area contributed by atoms with E-state index in [2.05, 4.69) is 18.9 Å². The van der Waals surface area contributed by atoms with E-state index in [0.717, 1.165) is 28.9 Å². The van der Waals surface area contributed by atoms with Crippen molar-refractivity contribution in [3.8, 4) is 17.2 Å². The van der Waals surface area contributed by atoms with Crippen LogP contribution in [-0.4, -0.2) is 55.0 Å². The Labute approximate surface area is 200 Å².